The Balaban J connectivity index is 2.25. The van der Waals surface area contributed by atoms with Crippen LogP contribution in [0.1, 0.15) is 25.8 Å². The van der Waals surface area contributed by atoms with Crippen LogP contribution in [0.4, 0.5) is 0 Å². The molecule has 0 saturated heterocycles. The van der Waals surface area contributed by atoms with Gasteiger partial charge < -0.3 is 4.74 Å². The zero-order valence-electron chi connectivity index (χ0n) is 11.4. The van der Waals surface area contributed by atoms with Gasteiger partial charge in [-0.1, -0.05) is 48.2 Å². The Hall–Kier alpha value is -1.13. The van der Waals surface area contributed by atoms with Crippen molar-refractivity contribution in [1.29, 1.82) is 0 Å². The normalized spacial score (nSPS) is 10.9. The summed E-state index contributed by atoms with van der Waals surface area (Å²) in [7, 11) is 0. The van der Waals surface area contributed by atoms with Gasteiger partial charge in [0.15, 0.2) is 0 Å². The Labute approximate surface area is 121 Å². The van der Waals surface area contributed by atoms with Gasteiger partial charge in [-0.15, -0.1) is 0 Å². The number of rotatable bonds is 5. The third kappa shape index (κ3) is 3.91. The molecule has 2 rings (SSSR count). The molecule has 0 aliphatic heterocycles. The molecule has 0 saturated carbocycles. The van der Waals surface area contributed by atoms with E-state index in [4.69, 9.17) is 4.74 Å². The smallest absolute Gasteiger partial charge is 0.287 e. The van der Waals surface area contributed by atoms with E-state index in [9.17, 15) is 4.79 Å². The van der Waals surface area contributed by atoms with Crippen LogP contribution in [-0.2, 0) is 0 Å². The van der Waals surface area contributed by atoms with Crippen LogP contribution in [0.5, 0.6) is 5.75 Å². The number of hydrogen-bond donors (Lipinski definition) is 0. The van der Waals surface area contributed by atoms with Gasteiger partial charge in [0, 0.05) is 10.9 Å². The van der Waals surface area contributed by atoms with Crippen LogP contribution in [0.25, 0.3) is 10.4 Å². The molecule has 2 nitrogen and oxygen atoms in total. The molecular formula is C15H18O2S2. The van der Waals surface area contributed by atoms with Gasteiger partial charge >= 0.3 is 0 Å². The summed E-state index contributed by atoms with van der Waals surface area (Å²) in [5, 5.41) is 1.91. The maximum atomic E-state index is 11.4. The number of ether oxygens (including phenoxy) is 1. The van der Waals surface area contributed by atoms with Gasteiger partial charge in [-0.05, 0) is 31.4 Å². The first kappa shape index (κ1) is 14.3. The van der Waals surface area contributed by atoms with Gasteiger partial charge in [0.25, 0.3) is 4.06 Å². The molecule has 0 radical (unpaired) electrons. The first-order chi connectivity index (χ1) is 9.06. The average Bonchev–Trinajstić information content (AvgIpc) is 2.77. The quantitative estimate of drug-likeness (QED) is 0.807. The summed E-state index contributed by atoms with van der Waals surface area (Å²) in [6.45, 7) is 7.14. The number of aryl methyl sites for hydroxylation is 1. The summed E-state index contributed by atoms with van der Waals surface area (Å²) in [4.78, 5) is 12.4. The highest BCUT2D eigenvalue weighted by Crippen LogP contribution is 2.33. The van der Waals surface area contributed by atoms with E-state index in [1.807, 2.05) is 17.5 Å². The fourth-order valence-electron chi connectivity index (χ4n) is 1.72. The monoisotopic (exact) mass is 294 g/mol. The van der Waals surface area contributed by atoms with E-state index < -0.39 is 0 Å². The lowest BCUT2D eigenvalue weighted by molar-refractivity contribution is 0.290. The van der Waals surface area contributed by atoms with Gasteiger partial charge in [-0.3, -0.25) is 4.79 Å². The minimum Gasteiger partial charge on any atom is -0.493 e. The molecule has 102 valence electrons. The zero-order chi connectivity index (χ0) is 13.8. The Morgan fingerprint density at radius 1 is 1.32 bits per heavy atom. The fourth-order valence-corrected chi connectivity index (χ4v) is 3.45. The van der Waals surface area contributed by atoms with Crippen LogP contribution in [0, 0.1) is 12.8 Å². The summed E-state index contributed by atoms with van der Waals surface area (Å²) >= 11 is 2.54. The molecule has 1 aromatic carbocycles. The van der Waals surface area contributed by atoms with E-state index in [2.05, 4.69) is 26.8 Å². The maximum absolute atomic E-state index is 11.4. The summed E-state index contributed by atoms with van der Waals surface area (Å²) in [5.41, 5.74) is 2.21. The fraction of sp³-hybridized carbons (Fsp3) is 0.400. The Morgan fingerprint density at radius 3 is 2.74 bits per heavy atom. The van der Waals surface area contributed by atoms with E-state index in [0.29, 0.717) is 12.5 Å². The molecule has 0 fully saturated rings. The summed E-state index contributed by atoms with van der Waals surface area (Å²) in [5.74, 6) is 1.51. The van der Waals surface area contributed by atoms with Crippen molar-refractivity contribution in [3.63, 3.8) is 0 Å². The van der Waals surface area contributed by atoms with Crippen LogP contribution >= 0.6 is 22.7 Å². The Kier molecular flexibility index (Phi) is 4.77. The van der Waals surface area contributed by atoms with Crippen molar-refractivity contribution in [2.75, 3.05) is 6.61 Å². The molecule has 0 amide bonds. The molecule has 1 aromatic heterocycles. The van der Waals surface area contributed by atoms with Crippen molar-refractivity contribution in [3.05, 3.63) is 38.0 Å². The van der Waals surface area contributed by atoms with Crippen molar-refractivity contribution < 1.29 is 4.74 Å². The molecule has 0 aliphatic rings. The van der Waals surface area contributed by atoms with Crippen molar-refractivity contribution in [2.24, 2.45) is 5.92 Å². The molecular weight excluding hydrogens is 276 g/mol. The molecule has 0 bridgehead atoms. The first-order valence-electron chi connectivity index (χ1n) is 6.38. The summed E-state index contributed by atoms with van der Waals surface area (Å²) < 4.78 is 6.01. The van der Waals surface area contributed by atoms with Crippen molar-refractivity contribution >= 4 is 22.7 Å². The number of benzene rings is 1. The van der Waals surface area contributed by atoms with E-state index in [1.165, 1.54) is 28.2 Å². The lowest BCUT2D eigenvalue weighted by atomic mass is 10.1. The van der Waals surface area contributed by atoms with Crippen molar-refractivity contribution in [3.8, 4) is 16.2 Å². The predicted molar refractivity (Wildman–Crippen MR) is 83.6 cm³/mol. The van der Waals surface area contributed by atoms with E-state index in [1.54, 1.807) is 0 Å². The van der Waals surface area contributed by atoms with E-state index in [-0.39, 0.29) is 4.06 Å². The van der Waals surface area contributed by atoms with Crippen LogP contribution < -0.4 is 8.79 Å². The SMILES string of the molecule is Cc1ccc(OCCC(C)C)c(-c2csc(=O)s2)c1. The predicted octanol–water partition coefficient (Wildman–Crippen LogP) is 4.57. The van der Waals surface area contributed by atoms with Crippen molar-refractivity contribution in [1.82, 2.24) is 0 Å². The third-order valence-corrected chi connectivity index (χ3v) is 4.77. The summed E-state index contributed by atoms with van der Waals surface area (Å²) in [6, 6.07) is 6.13. The molecule has 0 N–H and O–H groups in total. The minimum atomic E-state index is 0.129. The van der Waals surface area contributed by atoms with Crippen molar-refractivity contribution in [2.45, 2.75) is 27.2 Å². The van der Waals surface area contributed by atoms with E-state index in [0.717, 1.165) is 22.6 Å². The molecule has 0 unspecified atom stereocenters. The Morgan fingerprint density at radius 2 is 2.11 bits per heavy atom. The molecule has 19 heavy (non-hydrogen) atoms. The van der Waals surface area contributed by atoms with Crippen LogP contribution in [-0.4, -0.2) is 6.61 Å². The number of hydrogen-bond acceptors (Lipinski definition) is 4. The van der Waals surface area contributed by atoms with Gasteiger partial charge in [-0.2, -0.15) is 0 Å². The molecule has 4 heteroatoms. The molecule has 2 aromatic rings. The largest absolute Gasteiger partial charge is 0.493 e. The topological polar surface area (TPSA) is 26.3 Å². The highest BCUT2D eigenvalue weighted by molar-refractivity contribution is 7.28. The Bertz CT molecular complexity index is 596. The van der Waals surface area contributed by atoms with Gasteiger partial charge in [-0.25, -0.2) is 0 Å². The minimum absolute atomic E-state index is 0.129. The highest BCUT2D eigenvalue weighted by atomic mass is 32.2. The second-order valence-electron chi connectivity index (χ2n) is 4.98. The third-order valence-electron chi connectivity index (χ3n) is 2.81. The standard InChI is InChI=1S/C15H18O2S2/c1-10(2)6-7-17-13-5-4-11(3)8-12(13)14-9-18-15(16)19-14/h4-5,8-10H,6-7H2,1-3H3. The lowest BCUT2D eigenvalue weighted by Crippen LogP contribution is -2.02. The zero-order valence-corrected chi connectivity index (χ0v) is 13.1. The second kappa shape index (κ2) is 6.35. The molecule has 1 heterocycles. The van der Waals surface area contributed by atoms with Crippen LogP contribution in [0.3, 0.4) is 0 Å². The van der Waals surface area contributed by atoms with Gasteiger partial charge in [0.05, 0.1) is 11.5 Å². The molecule has 0 atom stereocenters. The second-order valence-corrected chi connectivity index (χ2v) is 7.10. The van der Waals surface area contributed by atoms with Gasteiger partial charge in [0.1, 0.15) is 5.75 Å². The lowest BCUT2D eigenvalue weighted by Gasteiger charge is -2.12. The van der Waals surface area contributed by atoms with Gasteiger partial charge in [0.2, 0.25) is 0 Å². The summed E-state index contributed by atoms with van der Waals surface area (Å²) in [6.07, 6.45) is 1.03. The average molecular weight is 294 g/mol. The van der Waals surface area contributed by atoms with E-state index >= 15 is 0 Å². The molecule has 0 spiro atoms. The molecule has 0 aliphatic carbocycles. The maximum Gasteiger partial charge on any atom is 0.287 e. The first-order valence-corrected chi connectivity index (χ1v) is 8.08. The van der Waals surface area contributed by atoms with Crippen LogP contribution in [0.2, 0.25) is 0 Å². The van der Waals surface area contributed by atoms with Crippen LogP contribution in [0.15, 0.2) is 28.4 Å². The highest BCUT2D eigenvalue weighted by Gasteiger charge is 2.10.